The predicted octanol–water partition coefficient (Wildman–Crippen LogP) is 8.30. The van der Waals surface area contributed by atoms with Crippen molar-refractivity contribution in [2.45, 2.75) is 0 Å². The molecule has 0 radical (unpaired) electrons. The second kappa shape index (κ2) is 10.6. The molecule has 192 valence electrons. The molecule has 0 amide bonds. The molecule has 4 aromatic carbocycles. The van der Waals surface area contributed by atoms with Gasteiger partial charge in [-0.2, -0.15) is 0 Å². The SMILES string of the molecule is CNc1ccc(-c2[nH]c(-c3ccc(/C=C/c4nc5ccccc5s4)cc3)nc2-c2ccc(N(C)C)cc2)cc1. The minimum Gasteiger partial charge on any atom is -0.388 e. The standard InChI is InChI=1S/C33H29N5S/c1-34-26-17-13-23(14-18-26)31-32(24-15-19-27(20-16-24)38(2)3)37-33(36-31)25-11-8-22(9-12-25)10-21-30-35-28-6-4-5-7-29(28)39-30/h4-21,34H,1-3H3,(H,36,37)/b21-10+. The number of aromatic nitrogens is 3. The van der Waals surface area contributed by atoms with Gasteiger partial charge in [0.05, 0.1) is 21.6 Å². The van der Waals surface area contributed by atoms with Crippen molar-refractivity contribution in [1.82, 2.24) is 15.0 Å². The summed E-state index contributed by atoms with van der Waals surface area (Å²) in [7, 11) is 6.03. The van der Waals surface area contributed by atoms with Crippen LogP contribution in [-0.4, -0.2) is 36.1 Å². The molecule has 0 fully saturated rings. The molecule has 0 saturated carbocycles. The van der Waals surface area contributed by atoms with E-state index in [0.717, 1.165) is 61.4 Å². The van der Waals surface area contributed by atoms with E-state index in [4.69, 9.17) is 9.97 Å². The molecule has 2 N–H and O–H groups in total. The summed E-state index contributed by atoms with van der Waals surface area (Å²) in [6.07, 6.45) is 4.19. The number of imidazole rings is 1. The number of H-pyrrole nitrogens is 1. The number of fused-ring (bicyclic) bond motifs is 1. The molecule has 2 aromatic heterocycles. The van der Waals surface area contributed by atoms with Crippen molar-refractivity contribution in [2.75, 3.05) is 31.4 Å². The van der Waals surface area contributed by atoms with Gasteiger partial charge in [-0.15, -0.1) is 11.3 Å². The number of benzene rings is 4. The summed E-state index contributed by atoms with van der Waals surface area (Å²) in [4.78, 5) is 15.5. The minimum atomic E-state index is 0.844. The van der Waals surface area contributed by atoms with Crippen LogP contribution in [0.1, 0.15) is 10.6 Å². The molecule has 5 nitrogen and oxygen atoms in total. The van der Waals surface area contributed by atoms with Gasteiger partial charge in [0.15, 0.2) is 0 Å². The van der Waals surface area contributed by atoms with Crippen LogP contribution >= 0.6 is 11.3 Å². The third kappa shape index (κ3) is 5.19. The maximum absolute atomic E-state index is 5.08. The molecule has 39 heavy (non-hydrogen) atoms. The molecule has 6 rings (SSSR count). The summed E-state index contributed by atoms with van der Waals surface area (Å²) < 4.78 is 1.20. The fourth-order valence-corrected chi connectivity index (χ4v) is 5.40. The van der Waals surface area contributed by atoms with E-state index in [2.05, 4.69) is 118 Å². The summed E-state index contributed by atoms with van der Waals surface area (Å²) in [5.74, 6) is 0.844. The summed E-state index contributed by atoms with van der Waals surface area (Å²) >= 11 is 1.70. The van der Waals surface area contributed by atoms with E-state index in [0.29, 0.717) is 0 Å². The first-order valence-electron chi connectivity index (χ1n) is 12.9. The van der Waals surface area contributed by atoms with Crippen LogP contribution in [0.5, 0.6) is 0 Å². The van der Waals surface area contributed by atoms with Gasteiger partial charge in [-0.05, 0) is 48.0 Å². The summed E-state index contributed by atoms with van der Waals surface area (Å²) in [5, 5.41) is 4.20. The lowest BCUT2D eigenvalue weighted by Gasteiger charge is -2.12. The molecule has 6 aromatic rings. The van der Waals surface area contributed by atoms with E-state index >= 15 is 0 Å². The monoisotopic (exact) mass is 527 g/mol. The normalized spacial score (nSPS) is 11.4. The molecule has 0 aliphatic rings. The Morgan fingerprint density at radius 1 is 0.744 bits per heavy atom. The number of aromatic amines is 1. The van der Waals surface area contributed by atoms with Crippen LogP contribution in [0.4, 0.5) is 11.4 Å². The average molecular weight is 528 g/mol. The van der Waals surface area contributed by atoms with Crippen LogP contribution in [-0.2, 0) is 0 Å². The average Bonchev–Trinajstić information content (AvgIpc) is 3.61. The van der Waals surface area contributed by atoms with Crippen molar-refractivity contribution >= 4 is 45.1 Å². The van der Waals surface area contributed by atoms with Gasteiger partial charge in [-0.1, -0.05) is 66.7 Å². The van der Waals surface area contributed by atoms with E-state index < -0.39 is 0 Å². The van der Waals surface area contributed by atoms with Crippen LogP contribution in [0.2, 0.25) is 0 Å². The van der Waals surface area contributed by atoms with Crippen molar-refractivity contribution < 1.29 is 0 Å². The van der Waals surface area contributed by atoms with Gasteiger partial charge in [0, 0.05) is 49.2 Å². The van der Waals surface area contributed by atoms with Gasteiger partial charge < -0.3 is 15.2 Å². The molecule has 0 spiro atoms. The van der Waals surface area contributed by atoms with E-state index in [-0.39, 0.29) is 0 Å². The van der Waals surface area contributed by atoms with Crippen LogP contribution in [0.25, 0.3) is 56.3 Å². The maximum atomic E-state index is 5.08. The van der Waals surface area contributed by atoms with E-state index in [1.54, 1.807) is 11.3 Å². The molecule has 0 unspecified atom stereocenters. The Hall–Kier alpha value is -4.68. The van der Waals surface area contributed by atoms with Gasteiger partial charge in [-0.25, -0.2) is 9.97 Å². The Kier molecular flexibility index (Phi) is 6.69. The number of thiazole rings is 1. The first-order valence-corrected chi connectivity index (χ1v) is 13.7. The summed E-state index contributed by atoms with van der Waals surface area (Å²) in [5.41, 5.74) is 9.54. The quantitative estimate of drug-likeness (QED) is 0.219. The van der Waals surface area contributed by atoms with Gasteiger partial charge in [-0.3, -0.25) is 0 Å². The first kappa shape index (κ1) is 24.6. The van der Waals surface area contributed by atoms with Crippen LogP contribution in [0, 0.1) is 0 Å². The zero-order valence-corrected chi connectivity index (χ0v) is 23.0. The van der Waals surface area contributed by atoms with Crippen molar-refractivity contribution in [1.29, 1.82) is 0 Å². The fourth-order valence-electron chi connectivity index (χ4n) is 4.53. The highest BCUT2D eigenvalue weighted by atomic mass is 32.1. The highest BCUT2D eigenvalue weighted by Crippen LogP contribution is 2.34. The number of anilines is 2. The Labute approximate surface area is 232 Å². The molecular weight excluding hydrogens is 498 g/mol. The zero-order valence-electron chi connectivity index (χ0n) is 22.1. The van der Waals surface area contributed by atoms with Crippen LogP contribution in [0.15, 0.2) is 97.1 Å². The molecule has 0 atom stereocenters. The highest BCUT2D eigenvalue weighted by Gasteiger charge is 2.16. The van der Waals surface area contributed by atoms with Crippen molar-refractivity contribution in [3.05, 3.63) is 108 Å². The third-order valence-corrected chi connectivity index (χ3v) is 7.74. The zero-order chi connectivity index (χ0) is 26.8. The first-order chi connectivity index (χ1) is 19.1. The lowest BCUT2D eigenvalue weighted by atomic mass is 10.0. The number of rotatable bonds is 7. The van der Waals surface area contributed by atoms with Gasteiger partial charge in [0.1, 0.15) is 10.8 Å². The third-order valence-electron chi connectivity index (χ3n) is 6.74. The van der Waals surface area contributed by atoms with Crippen molar-refractivity contribution in [2.24, 2.45) is 0 Å². The second-order valence-corrected chi connectivity index (χ2v) is 10.6. The van der Waals surface area contributed by atoms with Gasteiger partial charge >= 0.3 is 0 Å². The number of para-hydroxylation sites is 1. The Bertz CT molecular complexity index is 1710. The molecule has 0 saturated heterocycles. The van der Waals surface area contributed by atoms with Crippen molar-refractivity contribution in [3.8, 4) is 33.9 Å². The number of hydrogen-bond donors (Lipinski definition) is 2. The lowest BCUT2D eigenvalue weighted by molar-refractivity contribution is 1.13. The molecule has 6 heteroatoms. The Morgan fingerprint density at radius 3 is 2.13 bits per heavy atom. The summed E-state index contributed by atoms with van der Waals surface area (Å²) in [6, 6.07) is 33.6. The lowest BCUT2D eigenvalue weighted by Crippen LogP contribution is -2.07. The Balaban J connectivity index is 1.32. The Morgan fingerprint density at radius 2 is 1.44 bits per heavy atom. The van der Waals surface area contributed by atoms with E-state index in [1.807, 2.05) is 27.2 Å². The number of hydrogen-bond acceptors (Lipinski definition) is 5. The minimum absolute atomic E-state index is 0.844. The number of nitrogens with zero attached hydrogens (tertiary/aromatic N) is 3. The van der Waals surface area contributed by atoms with E-state index in [9.17, 15) is 0 Å². The van der Waals surface area contributed by atoms with Crippen LogP contribution in [0.3, 0.4) is 0 Å². The van der Waals surface area contributed by atoms with Gasteiger partial charge in [0.25, 0.3) is 0 Å². The molecule has 0 aliphatic carbocycles. The van der Waals surface area contributed by atoms with Crippen LogP contribution < -0.4 is 10.2 Å². The molecule has 0 aliphatic heterocycles. The number of nitrogens with one attached hydrogen (secondary N) is 2. The topological polar surface area (TPSA) is 56.8 Å². The smallest absolute Gasteiger partial charge is 0.138 e. The van der Waals surface area contributed by atoms with Crippen molar-refractivity contribution in [3.63, 3.8) is 0 Å². The molecular formula is C33H29N5S. The maximum Gasteiger partial charge on any atom is 0.138 e. The molecule has 2 heterocycles. The fraction of sp³-hybridized carbons (Fsp3) is 0.0909. The van der Waals surface area contributed by atoms with Gasteiger partial charge in [0.2, 0.25) is 0 Å². The van der Waals surface area contributed by atoms with E-state index in [1.165, 1.54) is 4.70 Å². The highest BCUT2D eigenvalue weighted by molar-refractivity contribution is 7.19. The largest absolute Gasteiger partial charge is 0.388 e. The molecule has 0 bridgehead atoms. The predicted molar refractivity (Wildman–Crippen MR) is 167 cm³/mol. The second-order valence-electron chi connectivity index (χ2n) is 9.55. The summed E-state index contributed by atoms with van der Waals surface area (Å²) in [6.45, 7) is 0.